The Morgan fingerprint density at radius 1 is 0.273 bits per heavy atom. The van der Waals surface area contributed by atoms with E-state index in [1.165, 1.54) is 141 Å². The number of unbranched alkanes of at least 4 members (excludes halogenated alkanes) is 29. The summed E-state index contributed by atoms with van der Waals surface area (Å²) in [6, 6.07) is 0. The molecule has 0 heterocycles. The van der Waals surface area contributed by atoms with E-state index in [0.29, 0.717) is 19.3 Å². The highest BCUT2D eigenvalue weighted by atomic mass is 16.6. The molecule has 0 bridgehead atoms. The van der Waals surface area contributed by atoms with Crippen LogP contribution < -0.4 is 0 Å². The first kappa shape index (κ1) is 73.1. The monoisotopic (exact) mass is 1070 g/mol. The average molecular weight is 1070 g/mol. The van der Waals surface area contributed by atoms with Gasteiger partial charge in [0.05, 0.1) is 0 Å². The van der Waals surface area contributed by atoms with Crippen LogP contribution in [0, 0.1) is 0 Å². The summed E-state index contributed by atoms with van der Waals surface area (Å²) in [7, 11) is 0. The van der Waals surface area contributed by atoms with E-state index in [0.717, 1.165) is 122 Å². The van der Waals surface area contributed by atoms with Crippen LogP contribution in [0.2, 0.25) is 0 Å². The Hall–Kier alpha value is -3.93. The van der Waals surface area contributed by atoms with Crippen LogP contribution in [-0.2, 0) is 28.6 Å². The van der Waals surface area contributed by atoms with Gasteiger partial charge in [-0.25, -0.2) is 0 Å². The Bertz CT molecular complexity index is 1560. The van der Waals surface area contributed by atoms with E-state index in [9.17, 15) is 14.4 Å². The molecule has 6 nitrogen and oxygen atoms in total. The first-order valence-electron chi connectivity index (χ1n) is 32.4. The van der Waals surface area contributed by atoms with Crippen molar-refractivity contribution in [2.75, 3.05) is 13.2 Å². The van der Waals surface area contributed by atoms with Crippen molar-refractivity contribution in [1.82, 2.24) is 0 Å². The summed E-state index contributed by atoms with van der Waals surface area (Å²) in [5.41, 5.74) is 0. The molecule has 6 heteroatoms. The zero-order chi connectivity index (χ0) is 55.7. The molecule has 0 aliphatic heterocycles. The van der Waals surface area contributed by atoms with Crippen LogP contribution >= 0.6 is 0 Å². The van der Waals surface area contributed by atoms with E-state index in [2.05, 4.69) is 130 Å². The number of rotatable bonds is 58. The largest absolute Gasteiger partial charge is 0.462 e. The summed E-state index contributed by atoms with van der Waals surface area (Å²) in [5, 5.41) is 0. The molecular formula is C71H120O6. The molecule has 0 N–H and O–H groups in total. The van der Waals surface area contributed by atoms with Crippen LogP contribution in [0.25, 0.3) is 0 Å². The third-order valence-corrected chi connectivity index (χ3v) is 13.7. The third-order valence-electron chi connectivity index (χ3n) is 13.7. The van der Waals surface area contributed by atoms with Crippen LogP contribution in [-0.4, -0.2) is 37.2 Å². The topological polar surface area (TPSA) is 78.9 Å². The Morgan fingerprint density at radius 2 is 0.506 bits per heavy atom. The molecular weight excluding hydrogens is 949 g/mol. The lowest BCUT2D eigenvalue weighted by atomic mass is 10.1. The molecule has 0 saturated heterocycles. The third kappa shape index (κ3) is 62.8. The summed E-state index contributed by atoms with van der Waals surface area (Å²) in [5.74, 6) is -0.905. The van der Waals surface area contributed by atoms with Gasteiger partial charge in [0.25, 0.3) is 0 Å². The van der Waals surface area contributed by atoms with Gasteiger partial charge in [-0.15, -0.1) is 0 Å². The molecule has 440 valence electrons. The maximum atomic E-state index is 12.9. The van der Waals surface area contributed by atoms with E-state index >= 15 is 0 Å². The van der Waals surface area contributed by atoms with E-state index < -0.39 is 6.10 Å². The van der Waals surface area contributed by atoms with E-state index in [1.807, 2.05) is 0 Å². The second-order valence-electron chi connectivity index (χ2n) is 21.3. The van der Waals surface area contributed by atoms with Gasteiger partial charge in [0.15, 0.2) is 6.10 Å². The molecule has 0 saturated carbocycles. The SMILES string of the molecule is CC/C=C\C/C=C\C/C=C\C/C=C\CCCCCCCCCCC(=O)OCC(COC(=O)CCCCCCCCCCC/C=C\C/C=C\CCCCC)OC(=O)CCCCCCCC/C=C\C/C=C\C/C=C\CCCCC. The van der Waals surface area contributed by atoms with Gasteiger partial charge in [-0.2, -0.15) is 0 Å². The summed E-state index contributed by atoms with van der Waals surface area (Å²) in [6.45, 7) is 6.48. The minimum absolute atomic E-state index is 0.0888. The maximum absolute atomic E-state index is 12.9. The van der Waals surface area contributed by atoms with Crippen molar-refractivity contribution >= 4 is 17.9 Å². The van der Waals surface area contributed by atoms with E-state index in [-0.39, 0.29) is 31.1 Å². The van der Waals surface area contributed by atoms with Gasteiger partial charge in [0.1, 0.15) is 13.2 Å². The smallest absolute Gasteiger partial charge is 0.306 e. The number of ether oxygens (including phenoxy) is 3. The van der Waals surface area contributed by atoms with Gasteiger partial charge in [0, 0.05) is 19.3 Å². The standard InChI is InChI=1S/C71H120O6/c1-4-7-10-13-16-19-22-25-28-31-34-35-38-40-43-46-49-52-55-58-61-64-70(73)76-67-68(77-71(74)65-62-59-56-53-50-47-44-41-37-33-30-27-24-21-18-15-12-9-6-3)66-75-69(72)63-60-57-54-51-48-45-42-39-36-32-29-26-23-20-17-14-11-8-5-2/h7,10,16-21,25-30,34-35,37,41,68H,4-6,8-9,11-15,22-24,31-33,36,38-40,42-67H2,1-3H3/b10-7-,19-16-,20-17-,21-18-,28-25-,29-26-,30-27-,35-34-,41-37-. The highest BCUT2D eigenvalue weighted by Crippen LogP contribution is 2.16. The molecule has 1 unspecified atom stereocenters. The van der Waals surface area contributed by atoms with Crippen LogP contribution in [0.4, 0.5) is 0 Å². The van der Waals surface area contributed by atoms with Gasteiger partial charge in [0.2, 0.25) is 0 Å². The molecule has 0 amide bonds. The number of carbonyl (C=O) groups excluding carboxylic acids is 3. The van der Waals surface area contributed by atoms with E-state index in [1.54, 1.807) is 0 Å². The molecule has 0 aliphatic carbocycles. The lowest BCUT2D eigenvalue weighted by Gasteiger charge is -2.18. The summed E-state index contributed by atoms with van der Waals surface area (Å²) in [6.07, 6.45) is 87.9. The Kier molecular flexibility index (Phi) is 61.3. The van der Waals surface area contributed by atoms with E-state index in [4.69, 9.17) is 14.2 Å². The zero-order valence-corrected chi connectivity index (χ0v) is 50.4. The number of carbonyl (C=O) groups is 3. The molecule has 0 fully saturated rings. The van der Waals surface area contributed by atoms with Crippen LogP contribution in [0.15, 0.2) is 109 Å². The van der Waals surface area contributed by atoms with Crippen LogP contribution in [0.1, 0.15) is 303 Å². The Balaban J connectivity index is 4.43. The molecule has 0 radical (unpaired) electrons. The lowest BCUT2D eigenvalue weighted by molar-refractivity contribution is -0.167. The number of hydrogen-bond acceptors (Lipinski definition) is 6. The highest BCUT2D eigenvalue weighted by Gasteiger charge is 2.19. The summed E-state index contributed by atoms with van der Waals surface area (Å²) >= 11 is 0. The minimum Gasteiger partial charge on any atom is -0.462 e. The molecule has 0 rings (SSSR count). The zero-order valence-electron chi connectivity index (χ0n) is 50.4. The Labute approximate surface area is 476 Å². The van der Waals surface area contributed by atoms with Crippen molar-refractivity contribution in [1.29, 1.82) is 0 Å². The van der Waals surface area contributed by atoms with Crippen molar-refractivity contribution in [2.45, 2.75) is 309 Å². The van der Waals surface area contributed by atoms with Crippen molar-refractivity contribution < 1.29 is 28.6 Å². The summed E-state index contributed by atoms with van der Waals surface area (Å²) in [4.78, 5) is 38.4. The van der Waals surface area contributed by atoms with Gasteiger partial charge < -0.3 is 14.2 Å². The molecule has 77 heavy (non-hydrogen) atoms. The van der Waals surface area contributed by atoms with Crippen LogP contribution in [0.3, 0.4) is 0 Å². The predicted molar refractivity (Wildman–Crippen MR) is 334 cm³/mol. The minimum atomic E-state index is -0.794. The number of allylic oxidation sites excluding steroid dienone is 18. The second kappa shape index (κ2) is 64.6. The molecule has 0 aliphatic rings. The summed E-state index contributed by atoms with van der Waals surface area (Å²) < 4.78 is 16.9. The van der Waals surface area contributed by atoms with Gasteiger partial charge >= 0.3 is 17.9 Å². The van der Waals surface area contributed by atoms with Gasteiger partial charge in [-0.1, -0.05) is 265 Å². The lowest BCUT2D eigenvalue weighted by Crippen LogP contribution is -2.30. The number of esters is 3. The van der Waals surface area contributed by atoms with Crippen LogP contribution in [0.5, 0.6) is 0 Å². The van der Waals surface area contributed by atoms with Gasteiger partial charge in [-0.05, 0) is 128 Å². The fourth-order valence-corrected chi connectivity index (χ4v) is 8.88. The normalized spacial score (nSPS) is 12.8. The first-order valence-corrected chi connectivity index (χ1v) is 32.4. The molecule has 0 aromatic rings. The first-order chi connectivity index (χ1) is 38.0. The quantitative estimate of drug-likeness (QED) is 0.0261. The van der Waals surface area contributed by atoms with Crippen molar-refractivity contribution in [2.24, 2.45) is 0 Å². The fraction of sp³-hybridized carbons (Fsp3) is 0.704. The van der Waals surface area contributed by atoms with Gasteiger partial charge in [-0.3, -0.25) is 14.4 Å². The molecule has 1 atom stereocenters. The molecule has 0 aromatic carbocycles. The number of hydrogen-bond donors (Lipinski definition) is 0. The average Bonchev–Trinajstić information content (AvgIpc) is 3.43. The fourth-order valence-electron chi connectivity index (χ4n) is 8.88. The second-order valence-corrected chi connectivity index (χ2v) is 21.3. The maximum Gasteiger partial charge on any atom is 0.306 e. The molecule has 0 aromatic heterocycles. The highest BCUT2D eigenvalue weighted by molar-refractivity contribution is 5.71. The van der Waals surface area contributed by atoms with Crippen molar-refractivity contribution in [3.05, 3.63) is 109 Å². The van der Waals surface area contributed by atoms with Crippen molar-refractivity contribution in [3.63, 3.8) is 0 Å². The van der Waals surface area contributed by atoms with Crippen molar-refractivity contribution in [3.8, 4) is 0 Å². The molecule has 0 spiro atoms. The Morgan fingerprint density at radius 3 is 0.792 bits per heavy atom. The predicted octanol–water partition coefficient (Wildman–Crippen LogP) is 22.2.